The molecule has 10 heteroatoms. The van der Waals surface area contributed by atoms with Crippen molar-refractivity contribution in [1.82, 2.24) is 14.8 Å². The van der Waals surface area contributed by atoms with E-state index in [1.165, 1.54) is 6.20 Å². The van der Waals surface area contributed by atoms with Gasteiger partial charge in [0.05, 0.1) is 17.0 Å². The summed E-state index contributed by atoms with van der Waals surface area (Å²) >= 11 is 0. The van der Waals surface area contributed by atoms with Gasteiger partial charge >= 0.3 is 0 Å². The standard InChI is InChI=1S/C19H20N10/c1-12-15(9-20)18(23-5)25-13(2)17(12)26-27-19-16(10-21)14(3)29(28-19)11-24-8-6-7-22-4/h6-8H,4,11H2,1-3,5H3,(H,23,25)/b7-6-,24-8-,27-26?. The summed E-state index contributed by atoms with van der Waals surface area (Å²) in [5.74, 6) is 0.663. The van der Waals surface area contributed by atoms with Gasteiger partial charge in [0, 0.05) is 19.5 Å². The fourth-order valence-electron chi connectivity index (χ4n) is 2.56. The van der Waals surface area contributed by atoms with Gasteiger partial charge in [-0.05, 0) is 39.1 Å². The normalized spacial score (nSPS) is 11.2. The van der Waals surface area contributed by atoms with E-state index >= 15 is 0 Å². The summed E-state index contributed by atoms with van der Waals surface area (Å²) < 4.78 is 1.56. The third-order valence-corrected chi connectivity index (χ3v) is 4.08. The maximum atomic E-state index is 9.47. The first-order chi connectivity index (χ1) is 14.0. The van der Waals surface area contributed by atoms with Gasteiger partial charge in [-0.25, -0.2) is 9.67 Å². The van der Waals surface area contributed by atoms with Gasteiger partial charge in [0.25, 0.3) is 0 Å². The summed E-state index contributed by atoms with van der Waals surface area (Å²) in [6.45, 7) is 8.86. The zero-order chi connectivity index (χ0) is 21.4. The number of pyridine rings is 1. The largest absolute Gasteiger partial charge is 0.372 e. The van der Waals surface area contributed by atoms with Gasteiger partial charge in [0.2, 0.25) is 5.82 Å². The van der Waals surface area contributed by atoms with E-state index < -0.39 is 0 Å². The maximum Gasteiger partial charge on any atom is 0.213 e. The number of hydrogen-bond acceptors (Lipinski definition) is 9. The first-order valence-corrected chi connectivity index (χ1v) is 8.57. The Hall–Kier alpha value is -4.18. The second-order valence-electron chi connectivity index (χ2n) is 5.85. The molecule has 0 radical (unpaired) electrons. The minimum absolute atomic E-state index is 0.179. The Morgan fingerprint density at radius 1 is 1.17 bits per heavy atom. The zero-order valence-electron chi connectivity index (χ0n) is 16.7. The van der Waals surface area contributed by atoms with Gasteiger partial charge in [-0.15, -0.1) is 15.3 Å². The van der Waals surface area contributed by atoms with Crippen molar-refractivity contribution in [2.45, 2.75) is 27.4 Å². The first-order valence-electron chi connectivity index (χ1n) is 8.57. The van der Waals surface area contributed by atoms with Crippen LogP contribution >= 0.6 is 0 Å². The summed E-state index contributed by atoms with van der Waals surface area (Å²) in [5.41, 5.74) is 3.05. The molecule has 1 N–H and O–H groups in total. The van der Waals surface area contributed by atoms with E-state index in [0.717, 1.165) is 0 Å². The number of nitrogens with one attached hydrogen (secondary N) is 1. The molecule has 0 saturated heterocycles. The Balaban J connectivity index is 2.41. The molecule has 0 bridgehead atoms. The highest BCUT2D eigenvalue weighted by Crippen LogP contribution is 2.31. The van der Waals surface area contributed by atoms with Crippen LogP contribution in [0.15, 0.2) is 32.5 Å². The minimum atomic E-state index is 0.179. The number of aryl methyl sites for hydroxylation is 1. The Morgan fingerprint density at radius 2 is 1.90 bits per heavy atom. The molecule has 10 nitrogen and oxygen atoms in total. The second kappa shape index (κ2) is 9.67. The van der Waals surface area contributed by atoms with Crippen LogP contribution in [0.25, 0.3) is 0 Å². The van der Waals surface area contributed by atoms with Crippen LogP contribution in [0, 0.1) is 43.4 Å². The van der Waals surface area contributed by atoms with Gasteiger partial charge in [-0.2, -0.15) is 10.5 Å². The van der Waals surface area contributed by atoms with Crippen LogP contribution in [0.3, 0.4) is 0 Å². The number of allylic oxidation sites excluding steroid dienone is 1. The van der Waals surface area contributed by atoms with E-state index in [0.29, 0.717) is 39.6 Å². The van der Waals surface area contributed by atoms with Crippen molar-refractivity contribution >= 4 is 30.3 Å². The van der Waals surface area contributed by atoms with E-state index in [-0.39, 0.29) is 12.5 Å². The monoisotopic (exact) mass is 388 g/mol. The molecule has 0 spiro atoms. The topological polar surface area (TPSA) is 140 Å². The SMILES string of the molecule is C=N/C=C\C=N/Cn1nc(N=Nc2c(C)nc(NC)c(C#N)c2C)c(C#N)c1C. The molecule has 2 aromatic rings. The Bertz CT molecular complexity index is 1090. The lowest BCUT2D eigenvalue weighted by molar-refractivity contribution is 0.624. The Kier molecular flexibility index (Phi) is 7.04. The highest BCUT2D eigenvalue weighted by atomic mass is 15.4. The van der Waals surface area contributed by atoms with Gasteiger partial charge < -0.3 is 5.32 Å². The Labute approximate surface area is 168 Å². The lowest BCUT2D eigenvalue weighted by atomic mass is 10.1. The number of nitrogens with zero attached hydrogens (tertiary/aromatic N) is 9. The van der Waals surface area contributed by atoms with Crippen molar-refractivity contribution in [2.24, 2.45) is 20.2 Å². The number of nitriles is 2. The van der Waals surface area contributed by atoms with Crippen molar-refractivity contribution in [2.75, 3.05) is 12.4 Å². The summed E-state index contributed by atoms with van der Waals surface area (Å²) in [6.07, 6.45) is 4.71. The molecule has 0 unspecified atom stereocenters. The van der Waals surface area contributed by atoms with Crippen molar-refractivity contribution in [3.05, 3.63) is 40.4 Å². The quantitative estimate of drug-likeness (QED) is 0.569. The molecule has 0 fully saturated rings. The molecule has 0 aliphatic rings. The van der Waals surface area contributed by atoms with Crippen LogP contribution in [0.4, 0.5) is 17.3 Å². The average Bonchev–Trinajstić information content (AvgIpc) is 3.01. The molecule has 2 rings (SSSR count). The number of aliphatic imine (C=N–C) groups is 2. The van der Waals surface area contributed by atoms with E-state index in [4.69, 9.17) is 0 Å². The van der Waals surface area contributed by atoms with Crippen LogP contribution in [0.2, 0.25) is 0 Å². The predicted octanol–water partition coefficient (Wildman–Crippen LogP) is 3.65. The predicted molar refractivity (Wildman–Crippen MR) is 111 cm³/mol. The van der Waals surface area contributed by atoms with Gasteiger partial charge in [-0.1, -0.05) is 0 Å². The lowest BCUT2D eigenvalue weighted by Crippen LogP contribution is -2.01. The summed E-state index contributed by atoms with van der Waals surface area (Å²) in [6, 6.07) is 4.22. The summed E-state index contributed by atoms with van der Waals surface area (Å²) in [4.78, 5) is 12.1. The van der Waals surface area contributed by atoms with Crippen LogP contribution in [0.5, 0.6) is 0 Å². The summed E-state index contributed by atoms with van der Waals surface area (Å²) in [7, 11) is 1.70. The highest BCUT2D eigenvalue weighted by molar-refractivity contribution is 5.70. The number of hydrogen-bond donors (Lipinski definition) is 1. The van der Waals surface area contributed by atoms with Gasteiger partial charge in [0.1, 0.15) is 35.9 Å². The zero-order valence-corrected chi connectivity index (χ0v) is 16.7. The lowest BCUT2D eigenvalue weighted by Gasteiger charge is -2.09. The van der Waals surface area contributed by atoms with Crippen LogP contribution < -0.4 is 5.32 Å². The first kappa shape index (κ1) is 21.1. The number of rotatable bonds is 7. The van der Waals surface area contributed by atoms with Gasteiger partial charge in [-0.3, -0.25) is 9.98 Å². The fraction of sp³-hybridized carbons (Fsp3) is 0.263. The highest BCUT2D eigenvalue weighted by Gasteiger charge is 2.16. The van der Waals surface area contributed by atoms with Crippen molar-refractivity contribution in [1.29, 1.82) is 10.5 Å². The molecule has 29 heavy (non-hydrogen) atoms. The molecule has 146 valence electrons. The third kappa shape index (κ3) is 4.57. The minimum Gasteiger partial charge on any atom is -0.372 e. The van der Waals surface area contributed by atoms with E-state index in [9.17, 15) is 10.5 Å². The molecule has 2 heterocycles. The number of anilines is 1. The van der Waals surface area contributed by atoms with E-state index in [1.54, 1.807) is 44.8 Å². The molecule has 0 aromatic carbocycles. The van der Waals surface area contributed by atoms with Crippen LogP contribution in [-0.2, 0) is 6.67 Å². The van der Waals surface area contributed by atoms with Gasteiger partial charge in [0.15, 0.2) is 0 Å². The van der Waals surface area contributed by atoms with Crippen molar-refractivity contribution in [3.63, 3.8) is 0 Å². The Morgan fingerprint density at radius 3 is 2.52 bits per heavy atom. The van der Waals surface area contributed by atoms with E-state index in [2.05, 4.69) is 54.5 Å². The molecular formula is C19H20N10. The molecule has 2 aromatic heterocycles. The third-order valence-electron chi connectivity index (χ3n) is 4.08. The van der Waals surface area contributed by atoms with Crippen LogP contribution in [0.1, 0.15) is 28.1 Å². The summed E-state index contributed by atoms with van der Waals surface area (Å²) in [5, 5.41) is 34.5. The number of azo groups is 1. The van der Waals surface area contributed by atoms with Crippen LogP contribution in [-0.4, -0.2) is 34.7 Å². The molecule has 0 amide bonds. The van der Waals surface area contributed by atoms with E-state index in [1.807, 2.05) is 0 Å². The molecule has 0 aliphatic heterocycles. The fourth-order valence-corrected chi connectivity index (χ4v) is 2.56. The molecule has 0 aliphatic carbocycles. The number of aromatic nitrogens is 3. The molecule has 0 saturated carbocycles. The molecular weight excluding hydrogens is 368 g/mol. The van der Waals surface area contributed by atoms with Crippen molar-refractivity contribution in [3.8, 4) is 12.1 Å². The smallest absolute Gasteiger partial charge is 0.213 e. The second-order valence-corrected chi connectivity index (χ2v) is 5.85. The van der Waals surface area contributed by atoms with Crippen molar-refractivity contribution < 1.29 is 0 Å². The average molecular weight is 388 g/mol. The molecule has 0 atom stereocenters. The maximum absolute atomic E-state index is 9.47.